The molecule has 0 aliphatic heterocycles. The van der Waals surface area contributed by atoms with Crippen molar-refractivity contribution in [1.82, 2.24) is 0 Å². The molecule has 1 unspecified atom stereocenters. The fourth-order valence-corrected chi connectivity index (χ4v) is 0.962. The van der Waals surface area contributed by atoms with Gasteiger partial charge in [0.2, 0.25) is 0 Å². The molecule has 0 radical (unpaired) electrons. The van der Waals surface area contributed by atoms with Crippen molar-refractivity contribution in [3.05, 3.63) is 0 Å². The van der Waals surface area contributed by atoms with E-state index >= 15 is 0 Å². The summed E-state index contributed by atoms with van der Waals surface area (Å²) < 4.78 is 127. The van der Waals surface area contributed by atoms with Crippen LogP contribution < -0.4 is 0 Å². The zero-order valence-electron chi connectivity index (χ0n) is 9.18. The van der Waals surface area contributed by atoms with Crippen LogP contribution in [0.4, 0.5) is 43.9 Å². The molecule has 0 fully saturated rings. The van der Waals surface area contributed by atoms with Gasteiger partial charge in [0.1, 0.15) is 0 Å². The lowest BCUT2D eigenvalue weighted by Gasteiger charge is -2.38. The molecule has 116 valence electrons. The molecule has 0 spiro atoms. The van der Waals surface area contributed by atoms with Gasteiger partial charge in [0.05, 0.1) is 6.61 Å². The highest BCUT2D eigenvalue weighted by molar-refractivity contribution is 5.02. The Morgan fingerprint density at radius 3 is 1.58 bits per heavy atom. The highest BCUT2D eigenvalue weighted by Crippen LogP contribution is 2.54. The van der Waals surface area contributed by atoms with Crippen molar-refractivity contribution in [2.24, 2.45) is 0 Å². The minimum atomic E-state index is -6.83. The summed E-state index contributed by atoms with van der Waals surface area (Å²) in [6, 6.07) is 0. The van der Waals surface area contributed by atoms with Gasteiger partial charge in [-0.15, -0.1) is 0 Å². The monoisotopic (exact) mass is 310 g/mol. The topological polar surface area (TPSA) is 9.23 Å². The summed E-state index contributed by atoms with van der Waals surface area (Å²) in [5.74, 6) is -19.3. The Morgan fingerprint density at radius 1 is 0.895 bits per heavy atom. The Bertz CT molecular complexity index is 298. The first-order valence-corrected chi connectivity index (χ1v) is 4.69. The van der Waals surface area contributed by atoms with Crippen LogP contribution >= 0.6 is 0 Å². The summed E-state index contributed by atoms with van der Waals surface area (Å²) in [5.41, 5.74) is 0. The molecule has 0 rings (SSSR count). The van der Waals surface area contributed by atoms with Gasteiger partial charge in [0.15, 0.2) is 0 Å². The molecule has 0 saturated heterocycles. The minimum absolute atomic E-state index is 0.446. The molecular weight excluding hydrogens is 302 g/mol. The summed E-state index contributed by atoms with van der Waals surface area (Å²) in [5, 5.41) is 0. The summed E-state index contributed by atoms with van der Waals surface area (Å²) >= 11 is 0. The summed E-state index contributed by atoms with van der Waals surface area (Å²) in [6.07, 6.45) is -12.4. The molecule has 1 nitrogen and oxygen atoms in total. The van der Waals surface area contributed by atoms with Gasteiger partial charge in [-0.25, -0.2) is 8.78 Å². The average Bonchev–Trinajstić information content (AvgIpc) is 2.23. The second-order valence-corrected chi connectivity index (χ2v) is 3.44. The Morgan fingerprint density at radius 2 is 1.32 bits per heavy atom. The van der Waals surface area contributed by atoms with Crippen LogP contribution in [0.2, 0.25) is 0 Å². The third-order valence-corrected chi connectivity index (χ3v) is 1.97. The van der Waals surface area contributed by atoms with E-state index in [1.165, 1.54) is 0 Å². The van der Waals surface area contributed by atoms with Gasteiger partial charge in [0.25, 0.3) is 0 Å². The number of ether oxygens (including phenoxy) is 1. The molecule has 0 N–H and O–H groups in total. The quantitative estimate of drug-likeness (QED) is 0.669. The van der Waals surface area contributed by atoms with Crippen LogP contribution in [0.3, 0.4) is 0 Å². The van der Waals surface area contributed by atoms with Crippen LogP contribution in [0, 0.1) is 0 Å². The van der Waals surface area contributed by atoms with Crippen molar-refractivity contribution in [3.63, 3.8) is 0 Å². The van der Waals surface area contributed by atoms with Gasteiger partial charge in [-0.3, -0.25) is 0 Å². The molecule has 0 aliphatic rings. The van der Waals surface area contributed by atoms with Crippen molar-refractivity contribution >= 4 is 0 Å². The van der Waals surface area contributed by atoms with Crippen molar-refractivity contribution < 1.29 is 48.6 Å². The first-order chi connectivity index (χ1) is 8.25. The molecule has 11 heteroatoms. The summed E-state index contributed by atoms with van der Waals surface area (Å²) in [6.45, 7) is -0.267. The van der Waals surface area contributed by atoms with Gasteiger partial charge in [-0.1, -0.05) is 6.92 Å². The van der Waals surface area contributed by atoms with E-state index in [0.29, 0.717) is 0 Å². The fourth-order valence-electron chi connectivity index (χ4n) is 0.962. The lowest BCUT2D eigenvalue weighted by atomic mass is 10.0. The first kappa shape index (κ1) is 18.3. The molecule has 0 heterocycles. The van der Waals surface area contributed by atoms with E-state index in [1.54, 1.807) is 0 Å². The third kappa shape index (κ3) is 2.90. The van der Waals surface area contributed by atoms with Crippen LogP contribution in [0.25, 0.3) is 0 Å². The zero-order chi connectivity index (χ0) is 15.7. The fraction of sp³-hybridized carbons (Fsp3) is 1.00. The van der Waals surface area contributed by atoms with Crippen LogP contribution in [0.15, 0.2) is 0 Å². The Balaban J connectivity index is 5.80. The van der Waals surface area contributed by atoms with Crippen LogP contribution in [0.1, 0.15) is 13.3 Å². The summed E-state index contributed by atoms with van der Waals surface area (Å²) in [7, 11) is 0. The van der Waals surface area contributed by atoms with Crippen molar-refractivity contribution in [2.45, 2.75) is 43.6 Å². The Labute approximate surface area is 100 Å². The van der Waals surface area contributed by atoms with Gasteiger partial charge >= 0.3 is 30.3 Å². The smallest absolute Gasteiger partial charge is 0.336 e. The van der Waals surface area contributed by atoms with Gasteiger partial charge in [-0.05, 0) is 6.42 Å². The molecule has 19 heavy (non-hydrogen) atoms. The van der Waals surface area contributed by atoms with E-state index in [0.717, 1.165) is 6.92 Å². The average molecular weight is 310 g/mol. The number of hydrogen-bond donors (Lipinski definition) is 0. The van der Waals surface area contributed by atoms with Crippen molar-refractivity contribution in [1.29, 1.82) is 0 Å². The number of rotatable bonds is 6. The lowest BCUT2D eigenvalue weighted by molar-refractivity contribution is -0.440. The largest absolute Gasteiger partial charge is 0.459 e. The third-order valence-electron chi connectivity index (χ3n) is 1.97. The SMILES string of the molecule is CCCOC(F)(C(F)(F)C(F)F)C(F)(F)C(F)(F)F. The Hall–Kier alpha value is -0.740. The van der Waals surface area contributed by atoms with Gasteiger partial charge in [0, 0.05) is 0 Å². The number of hydrogen-bond acceptors (Lipinski definition) is 1. The molecule has 0 amide bonds. The predicted molar refractivity (Wildman–Crippen MR) is 42.0 cm³/mol. The molecule has 0 aromatic carbocycles. The van der Waals surface area contributed by atoms with E-state index < -0.39 is 43.3 Å². The van der Waals surface area contributed by atoms with E-state index in [1.807, 2.05) is 0 Å². The van der Waals surface area contributed by atoms with Crippen LogP contribution in [-0.2, 0) is 4.74 Å². The maximum absolute atomic E-state index is 13.4. The van der Waals surface area contributed by atoms with E-state index in [2.05, 4.69) is 4.74 Å². The van der Waals surface area contributed by atoms with Crippen molar-refractivity contribution in [3.8, 4) is 0 Å². The van der Waals surface area contributed by atoms with Gasteiger partial charge < -0.3 is 4.74 Å². The second kappa shape index (κ2) is 5.33. The van der Waals surface area contributed by atoms with Crippen LogP contribution in [0.5, 0.6) is 0 Å². The molecule has 0 bridgehead atoms. The van der Waals surface area contributed by atoms with E-state index in [4.69, 9.17) is 0 Å². The maximum Gasteiger partial charge on any atom is 0.459 e. The molecular formula is C8H8F10O. The zero-order valence-corrected chi connectivity index (χ0v) is 9.18. The van der Waals surface area contributed by atoms with E-state index in [-0.39, 0.29) is 0 Å². The highest BCUT2D eigenvalue weighted by Gasteiger charge is 2.83. The Kier molecular flexibility index (Phi) is 5.12. The molecule has 0 aliphatic carbocycles. The molecule has 0 aromatic heterocycles. The maximum atomic E-state index is 13.4. The highest BCUT2D eigenvalue weighted by atomic mass is 19.4. The minimum Gasteiger partial charge on any atom is -0.336 e. The van der Waals surface area contributed by atoms with Crippen molar-refractivity contribution in [2.75, 3.05) is 6.61 Å². The number of alkyl halides is 10. The van der Waals surface area contributed by atoms with Gasteiger partial charge in [-0.2, -0.15) is 35.1 Å². The standard InChI is InChI=1S/C8H8F10O/c1-2-3-19-7(15,5(11,12)4(9)10)6(13,14)8(16,17)18/h4H,2-3H2,1H3. The molecule has 1 atom stereocenters. The second-order valence-electron chi connectivity index (χ2n) is 3.44. The normalized spacial score (nSPS) is 17.7. The predicted octanol–water partition coefficient (Wildman–Crippen LogP) is 4.18. The molecule has 0 aromatic rings. The van der Waals surface area contributed by atoms with E-state index in [9.17, 15) is 43.9 Å². The lowest BCUT2D eigenvalue weighted by Crippen LogP contribution is -2.67. The summed E-state index contributed by atoms with van der Waals surface area (Å²) in [4.78, 5) is 0. The molecule has 0 saturated carbocycles. The van der Waals surface area contributed by atoms with Crippen LogP contribution in [-0.4, -0.2) is 36.9 Å². The number of halogens is 10. The first-order valence-electron chi connectivity index (χ1n) is 4.69.